The summed E-state index contributed by atoms with van der Waals surface area (Å²) < 4.78 is 5.51. The Morgan fingerprint density at radius 1 is 1.50 bits per heavy atom. The maximum absolute atomic E-state index is 8.69. The summed E-state index contributed by atoms with van der Waals surface area (Å²) in [6, 6.07) is 0. The third-order valence-electron chi connectivity index (χ3n) is 3.43. The molecule has 4 N–H and O–H groups in total. The van der Waals surface area contributed by atoms with Gasteiger partial charge in [-0.25, -0.2) is 4.98 Å². The maximum Gasteiger partial charge on any atom is 0.208 e. The zero-order chi connectivity index (χ0) is 15.0. The van der Waals surface area contributed by atoms with Gasteiger partial charge in [0.2, 0.25) is 5.89 Å². The molecule has 114 valence electrons. The highest BCUT2D eigenvalue weighted by molar-refractivity contribution is 5.85. The number of aryl methyl sites for hydroxylation is 1. The van der Waals surface area contributed by atoms with Crippen LogP contribution in [0.2, 0.25) is 0 Å². The molecule has 0 atom stereocenters. The molecule has 0 aliphatic heterocycles. The molecule has 1 aromatic rings. The van der Waals surface area contributed by atoms with Crippen LogP contribution in [-0.4, -0.2) is 22.6 Å². The number of oxime groups is 1. The smallest absolute Gasteiger partial charge is 0.208 e. The summed E-state index contributed by atoms with van der Waals surface area (Å²) in [6.45, 7) is 7.56. The molecule has 0 bridgehead atoms. The Morgan fingerprint density at radius 2 is 2.25 bits per heavy atom. The fourth-order valence-corrected chi connectivity index (χ4v) is 1.87. The summed E-state index contributed by atoms with van der Waals surface area (Å²) in [5, 5.41) is 15.1. The zero-order valence-electron chi connectivity index (χ0n) is 12.6. The first kappa shape index (κ1) is 16.5. The fourth-order valence-electron chi connectivity index (χ4n) is 1.87. The zero-order valence-corrected chi connectivity index (χ0v) is 12.6. The summed E-state index contributed by atoms with van der Waals surface area (Å²) in [5.74, 6) is 1.94. The first-order chi connectivity index (χ1) is 9.49. The molecule has 1 rings (SSSR count). The van der Waals surface area contributed by atoms with E-state index < -0.39 is 0 Å². The number of hydrogen-bond donors (Lipinski definition) is 3. The van der Waals surface area contributed by atoms with Crippen LogP contribution in [0.5, 0.6) is 0 Å². The standard InChI is InChI=1S/C14H26N4O2/c1-4-11-9-17-12(20-11)10-16-8-6-5-7-14(2,3)13(15)18-19/h9,16,19H,4-8,10H2,1-3H3,(H2,15,18). The topological polar surface area (TPSA) is 96.7 Å². The van der Waals surface area contributed by atoms with Crippen molar-refractivity contribution < 1.29 is 9.62 Å². The Labute approximate surface area is 120 Å². The molecule has 0 aliphatic carbocycles. The Morgan fingerprint density at radius 3 is 2.85 bits per heavy atom. The van der Waals surface area contributed by atoms with Crippen molar-refractivity contribution in [2.45, 2.75) is 53.0 Å². The van der Waals surface area contributed by atoms with Crippen molar-refractivity contribution in [2.75, 3.05) is 6.54 Å². The van der Waals surface area contributed by atoms with Gasteiger partial charge in [-0.2, -0.15) is 0 Å². The molecular weight excluding hydrogens is 256 g/mol. The number of oxazole rings is 1. The minimum atomic E-state index is -0.257. The van der Waals surface area contributed by atoms with Crippen molar-refractivity contribution in [1.82, 2.24) is 10.3 Å². The minimum absolute atomic E-state index is 0.257. The first-order valence-electron chi connectivity index (χ1n) is 7.12. The second-order valence-corrected chi connectivity index (χ2v) is 5.58. The molecule has 0 spiro atoms. The average molecular weight is 282 g/mol. The predicted octanol–water partition coefficient (Wildman–Crippen LogP) is 2.27. The van der Waals surface area contributed by atoms with E-state index in [9.17, 15) is 0 Å². The predicted molar refractivity (Wildman–Crippen MR) is 78.6 cm³/mol. The number of rotatable bonds is 9. The van der Waals surface area contributed by atoms with Crippen molar-refractivity contribution in [3.63, 3.8) is 0 Å². The lowest BCUT2D eigenvalue weighted by molar-refractivity contribution is 0.304. The largest absolute Gasteiger partial charge is 0.444 e. The van der Waals surface area contributed by atoms with Gasteiger partial charge in [-0.1, -0.05) is 32.3 Å². The van der Waals surface area contributed by atoms with Gasteiger partial charge in [0.15, 0.2) is 0 Å². The van der Waals surface area contributed by atoms with Crippen LogP contribution in [0.3, 0.4) is 0 Å². The summed E-state index contributed by atoms with van der Waals surface area (Å²) in [6.07, 6.45) is 5.58. The van der Waals surface area contributed by atoms with Gasteiger partial charge in [0.1, 0.15) is 11.6 Å². The van der Waals surface area contributed by atoms with Gasteiger partial charge in [0.05, 0.1) is 12.7 Å². The van der Waals surface area contributed by atoms with Crippen LogP contribution in [-0.2, 0) is 13.0 Å². The summed E-state index contributed by atoms with van der Waals surface area (Å²) >= 11 is 0. The average Bonchev–Trinajstić information content (AvgIpc) is 2.89. The van der Waals surface area contributed by atoms with Gasteiger partial charge >= 0.3 is 0 Å². The van der Waals surface area contributed by atoms with Crippen LogP contribution in [0, 0.1) is 5.41 Å². The molecule has 0 saturated carbocycles. The van der Waals surface area contributed by atoms with Crippen molar-refractivity contribution in [1.29, 1.82) is 0 Å². The number of amidine groups is 1. The molecule has 0 radical (unpaired) electrons. The Bertz CT molecular complexity index is 427. The molecule has 0 amide bonds. The second-order valence-electron chi connectivity index (χ2n) is 5.58. The number of nitrogens with two attached hydrogens (primary N) is 1. The highest BCUT2D eigenvalue weighted by Crippen LogP contribution is 2.23. The van der Waals surface area contributed by atoms with E-state index in [1.807, 2.05) is 20.8 Å². The number of nitrogens with one attached hydrogen (secondary N) is 1. The van der Waals surface area contributed by atoms with Crippen molar-refractivity contribution in [3.05, 3.63) is 17.8 Å². The normalized spacial score (nSPS) is 12.8. The van der Waals surface area contributed by atoms with Crippen molar-refractivity contribution >= 4 is 5.84 Å². The second kappa shape index (κ2) is 7.89. The third kappa shape index (κ3) is 5.21. The van der Waals surface area contributed by atoms with Crippen LogP contribution >= 0.6 is 0 Å². The molecule has 6 heteroatoms. The first-order valence-corrected chi connectivity index (χ1v) is 7.12. The lowest BCUT2D eigenvalue weighted by Gasteiger charge is -2.22. The maximum atomic E-state index is 8.69. The van der Waals surface area contributed by atoms with E-state index in [-0.39, 0.29) is 11.3 Å². The van der Waals surface area contributed by atoms with E-state index in [1.54, 1.807) is 6.20 Å². The van der Waals surface area contributed by atoms with Crippen molar-refractivity contribution in [2.24, 2.45) is 16.3 Å². The Hall–Kier alpha value is -1.56. The van der Waals surface area contributed by atoms with Crippen LogP contribution in [0.15, 0.2) is 15.8 Å². The highest BCUT2D eigenvalue weighted by Gasteiger charge is 2.22. The number of hydrogen-bond acceptors (Lipinski definition) is 5. The lowest BCUT2D eigenvalue weighted by Crippen LogP contribution is -2.32. The molecule has 6 nitrogen and oxygen atoms in total. The van der Waals surface area contributed by atoms with Gasteiger partial charge in [-0.15, -0.1) is 0 Å². The third-order valence-corrected chi connectivity index (χ3v) is 3.43. The molecule has 0 aromatic carbocycles. The molecule has 0 aliphatic rings. The van der Waals surface area contributed by atoms with Crippen molar-refractivity contribution in [3.8, 4) is 0 Å². The van der Waals surface area contributed by atoms with E-state index in [2.05, 4.69) is 15.5 Å². The molecular formula is C14H26N4O2. The summed E-state index contributed by atoms with van der Waals surface area (Å²) in [5.41, 5.74) is 5.39. The monoisotopic (exact) mass is 282 g/mol. The number of nitrogens with zero attached hydrogens (tertiary/aromatic N) is 2. The summed E-state index contributed by atoms with van der Waals surface area (Å²) in [7, 11) is 0. The van der Waals surface area contributed by atoms with E-state index in [0.29, 0.717) is 6.54 Å². The van der Waals surface area contributed by atoms with E-state index in [1.165, 1.54) is 0 Å². The van der Waals surface area contributed by atoms with Crippen LogP contribution in [0.1, 0.15) is 51.7 Å². The van der Waals surface area contributed by atoms with Gasteiger partial charge in [-0.3, -0.25) is 0 Å². The lowest BCUT2D eigenvalue weighted by atomic mass is 9.86. The molecule has 0 saturated heterocycles. The van der Waals surface area contributed by atoms with Gasteiger partial charge in [0.25, 0.3) is 0 Å². The molecule has 1 aromatic heterocycles. The van der Waals surface area contributed by atoms with Crippen LogP contribution < -0.4 is 11.1 Å². The minimum Gasteiger partial charge on any atom is -0.444 e. The van der Waals surface area contributed by atoms with Gasteiger partial charge in [0, 0.05) is 11.8 Å². The van der Waals surface area contributed by atoms with E-state index >= 15 is 0 Å². The highest BCUT2D eigenvalue weighted by atomic mass is 16.4. The Balaban J connectivity index is 2.13. The number of aromatic nitrogens is 1. The summed E-state index contributed by atoms with van der Waals surface area (Å²) in [4.78, 5) is 4.19. The molecule has 1 heterocycles. The molecule has 0 unspecified atom stereocenters. The molecule has 0 fully saturated rings. The Kier molecular flexibility index (Phi) is 6.51. The SMILES string of the molecule is CCc1cnc(CNCCCCC(C)(C)C(N)=NO)o1. The quantitative estimate of drug-likeness (QED) is 0.212. The van der Waals surface area contributed by atoms with Gasteiger partial charge < -0.3 is 20.7 Å². The van der Waals surface area contributed by atoms with Crippen LogP contribution in [0.25, 0.3) is 0 Å². The van der Waals surface area contributed by atoms with E-state index in [0.717, 1.165) is 43.9 Å². The van der Waals surface area contributed by atoms with Crippen LogP contribution in [0.4, 0.5) is 0 Å². The van der Waals surface area contributed by atoms with Gasteiger partial charge in [-0.05, 0) is 19.4 Å². The van der Waals surface area contributed by atoms with E-state index in [4.69, 9.17) is 15.4 Å². The molecule has 20 heavy (non-hydrogen) atoms. The number of unbranched alkanes of at least 4 members (excludes halogenated alkanes) is 1. The fraction of sp³-hybridized carbons (Fsp3) is 0.714.